The Hall–Kier alpha value is -2.28. The van der Waals surface area contributed by atoms with Crippen LogP contribution in [0.2, 0.25) is 0 Å². The Kier molecular flexibility index (Phi) is 6.78. The average molecular weight is 398 g/mol. The Morgan fingerprint density at radius 3 is 2.64 bits per heavy atom. The maximum Gasteiger partial charge on any atom is 0.254 e. The van der Waals surface area contributed by atoms with Gasteiger partial charge in [-0.05, 0) is 36.1 Å². The largest absolute Gasteiger partial charge is 0.390 e. The molecule has 0 aliphatic rings. The quantitative estimate of drug-likeness (QED) is 0.611. The Labute approximate surface area is 169 Å². The zero-order chi connectivity index (χ0) is 20.1. The summed E-state index contributed by atoms with van der Waals surface area (Å²) >= 11 is 1.51. The molecule has 1 heterocycles. The first-order valence-electron chi connectivity index (χ1n) is 9.54. The van der Waals surface area contributed by atoms with Crippen molar-refractivity contribution in [1.82, 2.24) is 9.88 Å². The maximum atomic E-state index is 13.1. The van der Waals surface area contributed by atoms with Crippen LogP contribution in [0.15, 0.2) is 54.0 Å². The first kappa shape index (κ1) is 20.5. The van der Waals surface area contributed by atoms with Gasteiger partial charge in [0.1, 0.15) is 0 Å². The lowest BCUT2D eigenvalue weighted by molar-refractivity contribution is 0.0545. The van der Waals surface area contributed by atoms with E-state index in [0.717, 1.165) is 15.8 Å². The van der Waals surface area contributed by atoms with Crippen LogP contribution < -0.4 is 5.73 Å². The number of rotatable bonds is 8. The highest BCUT2D eigenvalue weighted by Gasteiger charge is 2.24. The Morgan fingerprint density at radius 1 is 1.18 bits per heavy atom. The lowest BCUT2D eigenvalue weighted by Gasteiger charge is -2.29. The van der Waals surface area contributed by atoms with E-state index in [1.165, 1.54) is 11.3 Å². The van der Waals surface area contributed by atoms with Gasteiger partial charge in [0.25, 0.3) is 5.91 Å². The van der Waals surface area contributed by atoms with Gasteiger partial charge in [-0.25, -0.2) is 4.98 Å². The Bertz CT molecular complexity index is 910. The third kappa shape index (κ3) is 5.16. The molecule has 6 heteroatoms. The van der Waals surface area contributed by atoms with Gasteiger partial charge in [0.2, 0.25) is 0 Å². The van der Waals surface area contributed by atoms with Gasteiger partial charge in [-0.3, -0.25) is 4.79 Å². The molecule has 148 valence electrons. The second-order valence-electron chi connectivity index (χ2n) is 7.56. The summed E-state index contributed by atoms with van der Waals surface area (Å²) in [4.78, 5) is 19.1. The predicted molar refractivity (Wildman–Crippen MR) is 114 cm³/mol. The SMILES string of the molecule is CC(C)CN(CC(O)C(N)Cc1ccccc1)C(=O)c1ccc2ncsc2c1. The number of nitrogens with zero attached hydrogens (tertiary/aromatic N) is 2. The first-order valence-corrected chi connectivity index (χ1v) is 10.4. The minimum absolute atomic E-state index is 0.0880. The van der Waals surface area contributed by atoms with Gasteiger partial charge in [0.05, 0.1) is 21.8 Å². The summed E-state index contributed by atoms with van der Waals surface area (Å²) in [6.45, 7) is 4.90. The first-order chi connectivity index (χ1) is 13.4. The summed E-state index contributed by atoms with van der Waals surface area (Å²) in [6, 6.07) is 15.0. The van der Waals surface area contributed by atoms with Crippen LogP contribution in [0.5, 0.6) is 0 Å². The molecule has 0 aliphatic heterocycles. The van der Waals surface area contributed by atoms with E-state index in [1.807, 2.05) is 42.5 Å². The molecule has 1 aromatic heterocycles. The molecule has 2 atom stereocenters. The molecule has 0 spiro atoms. The van der Waals surface area contributed by atoms with Gasteiger partial charge in [0, 0.05) is 24.7 Å². The van der Waals surface area contributed by atoms with Crippen LogP contribution in [-0.4, -0.2) is 46.1 Å². The maximum absolute atomic E-state index is 13.1. The van der Waals surface area contributed by atoms with E-state index in [9.17, 15) is 9.90 Å². The van der Waals surface area contributed by atoms with Crippen LogP contribution in [0.1, 0.15) is 29.8 Å². The van der Waals surface area contributed by atoms with E-state index in [2.05, 4.69) is 18.8 Å². The van der Waals surface area contributed by atoms with Crippen molar-refractivity contribution in [3.05, 3.63) is 65.2 Å². The second-order valence-corrected chi connectivity index (χ2v) is 8.45. The normalized spacial score (nSPS) is 13.6. The Morgan fingerprint density at radius 2 is 1.93 bits per heavy atom. The minimum Gasteiger partial charge on any atom is -0.390 e. The van der Waals surface area contributed by atoms with Gasteiger partial charge in [-0.15, -0.1) is 11.3 Å². The van der Waals surface area contributed by atoms with E-state index in [0.29, 0.717) is 18.5 Å². The van der Waals surface area contributed by atoms with Gasteiger partial charge in [-0.1, -0.05) is 44.2 Å². The summed E-state index contributed by atoms with van der Waals surface area (Å²) in [5, 5.41) is 10.7. The zero-order valence-electron chi connectivity index (χ0n) is 16.3. The van der Waals surface area contributed by atoms with Crippen LogP contribution >= 0.6 is 11.3 Å². The summed E-state index contributed by atoms with van der Waals surface area (Å²) in [6.07, 6.45) is -0.228. The average Bonchev–Trinajstić information content (AvgIpc) is 3.15. The van der Waals surface area contributed by atoms with E-state index in [-0.39, 0.29) is 18.4 Å². The molecule has 0 bridgehead atoms. The van der Waals surface area contributed by atoms with Gasteiger partial charge in [0.15, 0.2) is 0 Å². The summed E-state index contributed by atoms with van der Waals surface area (Å²) < 4.78 is 0.983. The fourth-order valence-corrected chi connectivity index (χ4v) is 3.95. The van der Waals surface area contributed by atoms with Crippen LogP contribution in [0.25, 0.3) is 10.2 Å². The highest BCUT2D eigenvalue weighted by molar-refractivity contribution is 7.16. The number of benzene rings is 2. The van der Waals surface area contributed by atoms with Crippen LogP contribution in [0.3, 0.4) is 0 Å². The smallest absolute Gasteiger partial charge is 0.254 e. The van der Waals surface area contributed by atoms with E-state index < -0.39 is 12.1 Å². The van der Waals surface area contributed by atoms with Crippen molar-refractivity contribution in [3.8, 4) is 0 Å². The van der Waals surface area contributed by atoms with Crippen molar-refractivity contribution in [2.45, 2.75) is 32.4 Å². The number of hydrogen-bond acceptors (Lipinski definition) is 5. The molecule has 3 aromatic rings. The van der Waals surface area contributed by atoms with Crippen molar-refractivity contribution < 1.29 is 9.90 Å². The monoisotopic (exact) mass is 397 g/mol. The van der Waals surface area contributed by atoms with Crippen LogP contribution in [0.4, 0.5) is 0 Å². The molecular formula is C22H27N3O2S. The van der Waals surface area contributed by atoms with Crippen molar-refractivity contribution in [1.29, 1.82) is 0 Å². The molecule has 5 nitrogen and oxygen atoms in total. The number of hydrogen-bond donors (Lipinski definition) is 2. The number of aromatic nitrogens is 1. The molecule has 0 saturated heterocycles. The summed E-state index contributed by atoms with van der Waals surface area (Å²) in [5.41, 5.74) is 10.6. The van der Waals surface area contributed by atoms with Crippen molar-refractivity contribution >= 4 is 27.5 Å². The van der Waals surface area contributed by atoms with Gasteiger partial charge < -0.3 is 15.7 Å². The number of aliphatic hydroxyl groups is 1. The predicted octanol–water partition coefficient (Wildman–Crippen LogP) is 3.33. The summed E-state index contributed by atoms with van der Waals surface area (Å²) in [5.74, 6) is 0.198. The van der Waals surface area contributed by atoms with Gasteiger partial charge in [-0.2, -0.15) is 0 Å². The standard InChI is InChI=1S/C22H27N3O2S/c1-15(2)12-25(13-20(26)18(23)10-16-6-4-3-5-7-16)22(27)17-8-9-19-21(11-17)28-14-24-19/h3-9,11,14-15,18,20,26H,10,12-13,23H2,1-2H3. The molecule has 1 amide bonds. The molecule has 2 unspecified atom stereocenters. The number of carbonyl (C=O) groups excluding carboxylic acids is 1. The molecule has 0 radical (unpaired) electrons. The third-order valence-corrected chi connectivity index (χ3v) is 5.46. The molecule has 0 saturated carbocycles. The second kappa shape index (κ2) is 9.28. The molecular weight excluding hydrogens is 370 g/mol. The lowest BCUT2D eigenvalue weighted by Crippen LogP contribution is -2.47. The molecule has 3 N–H and O–H groups in total. The number of aliphatic hydroxyl groups excluding tert-OH is 1. The highest BCUT2D eigenvalue weighted by atomic mass is 32.1. The van der Waals surface area contributed by atoms with Crippen molar-refractivity contribution in [3.63, 3.8) is 0 Å². The van der Waals surface area contributed by atoms with E-state index in [4.69, 9.17) is 5.73 Å². The number of fused-ring (bicyclic) bond motifs is 1. The molecule has 0 fully saturated rings. The highest BCUT2D eigenvalue weighted by Crippen LogP contribution is 2.20. The fourth-order valence-electron chi connectivity index (χ4n) is 3.24. The number of amides is 1. The third-order valence-electron chi connectivity index (χ3n) is 4.67. The van der Waals surface area contributed by atoms with Gasteiger partial charge >= 0.3 is 0 Å². The van der Waals surface area contributed by atoms with Crippen LogP contribution in [0, 0.1) is 5.92 Å². The molecule has 0 aliphatic carbocycles. The Balaban J connectivity index is 1.72. The van der Waals surface area contributed by atoms with Crippen molar-refractivity contribution in [2.75, 3.05) is 13.1 Å². The zero-order valence-corrected chi connectivity index (χ0v) is 17.1. The molecule has 2 aromatic carbocycles. The number of nitrogens with two attached hydrogens (primary N) is 1. The fraction of sp³-hybridized carbons (Fsp3) is 0.364. The molecule has 28 heavy (non-hydrogen) atoms. The minimum atomic E-state index is -0.796. The van der Waals surface area contributed by atoms with E-state index >= 15 is 0 Å². The summed E-state index contributed by atoms with van der Waals surface area (Å²) in [7, 11) is 0. The van der Waals surface area contributed by atoms with Crippen LogP contribution in [-0.2, 0) is 6.42 Å². The van der Waals surface area contributed by atoms with Crippen molar-refractivity contribution in [2.24, 2.45) is 11.7 Å². The topological polar surface area (TPSA) is 79.5 Å². The number of carbonyl (C=O) groups is 1. The van der Waals surface area contributed by atoms with E-state index in [1.54, 1.807) is 16.5 Å². The molecule has 3 rings (SSSR count). The lowest BCUT2D eigenvalue weighted by atomic mass is 10.0. The number of thiazole rings is 1.